The van der Waals surface area contributed by atoms with Gasteiger partial charge >= 0.3 is 0 Å². The number of amides is 2. The fraction of sp³-hybridized carbons (Fsp3) is 0.556. The molecule has 3 N–H and O–H groups in total. The van der Waals surface area contributed by atoms with Crippen molar-refractivity contribution in [2.45, 2.75) is 32.7 Å². The van der Waals surface area contributed by atoms with E-state index in [-0.39, 0.29) is 17.2 Å². The minimum Gasteiger partial charge on any atom is -0.330 e. The van der Waals surface area contributed by atoms with Crippen molar-refractivity contribution in [2.24, 2.45) is 11.1 Å². The lowest BCUT2D eigenvalue weighted by molar-refractivity contribution is -0.127. The van der Waals surface area contributed by atoms with E-state index in [1.165, 1.54) is 0 Å². The Morgan fingerprint density at radius 1 is 1.29 bits per heavy atom. The van der Waals surface area contributed by atoms with Gasteiger partial charge in [0.05, 0.1) is 17.9 Å². The van der Waals surface area contributed by atoms with Crippen molar-refractivity contribution in [1.82, 2.24) is 4.90 Å². The Kier molecular flexibility index (Phi) is 4.13. The first-order valence-electron chi connectivity index (χ1n) is 8.43. The first kappa shape index (κ1) is 16.9. The predicted molar refractivity (Wildman–Crippen MR) is 94.9 cm³/mol. The number of likely N-dealkylation sites (tertiary alicyclic amines) is 1. The van der Waals surface area contributed by atoms with Gasteiger partial charge in [-0.25, -0.2) is 0 Å². The van der Waals surface area contributed by atoms with Gasteiger partial charge in [-0.2, -0.15) is 0 Å². The lowest BCUT2D eigenvalue weighted by Crippen LogP contribution is -2.60. The molecule has 2 aliphatic heterocycles. The van der Waals surface area contributed by atoms with E-state index < -0.39 is 5.54 Å². The minimum absolute atomic E-state index is 0.0522. The van der Waals surface area contributed by atoms with Crippen molar-refractivity contribution >= 4 is 23.2 Å². The van der Waals surface area contributed by atoms with Crippen LogP contribution < -0.4 is 16.0 Å². The van der Waals surface area contributed by atoms with E-state index in [9.17, 15) is 9.59 Å². The highest BCUT2D eigenvalue weighted by molar-refractivity contribution is 6.14. The highest BCUT2D eigenvalue weighted by atomic mass is 16.2. The first-order chi connectivity index (χ1) is 11.3. The Balaban J connectivity index is 1.84. The molecule has 1 fully saturated rings. The number of carbonyl (C=O) groups is 2. The first-order valence-corrected chi connectivity index (χ1v) is 8.43. The van der Waals surface area contributed by atoms with Crippen LogP contribution in [0.3, 0.4) is 0 Å². The standard InChI is InChI=1S/C18H26N4O2/c1-17(2)16(24)20-13-6-4-5-7-14(13)22(17)15(23)10-21-9-8-18(3,11-19)12-21/h4-7H,8-12,19H2,1-3H3,(H,20,24). The van der Waals surface area contributed by atoms with Crippen LogP contribution in [0.1, 0.15) is 27.2 Å². The molecule has 0 bridgehead atoms. The number of hydrogen-bond acceptors (Lipinski definition) is 4. The van der Waals surface area contributed by atoms with Crippen molar-refractivity contribution < 1.29 is 9.59 Å². The number of fused-ring (bicyclic) bond motifs is 1. The zero-order valence-electron chi connectivity index (χ0n) is 14.6. The zero-order chi connectivity index (χ0) is 17.5. The highest BCUT2D eigenvalue weighted by Crippen LogP contribution is 2.37. The number of carbonyl (C=O) groups excluding carboxylic acids is 2. The Bertz CT molecular complexity index is 673. The van der Waals surface area contributed by atoms with Crippen LogP contribution in [-0.4, -0.2) is 48.4 Å². The monoisotopic (exact) mass is 330 g/mol. The third-order valence-corrected chi connectivity index (χ3v) is 5.25. The summed E-state index contributed by atoms with van der Waals surface area (Å²) in [7, 11) is 0. The Hall–Kier alpha value is -1.92. The van der Waals surface area contributed by atoms with E-state index in [2.05, 4.69) is 17.1 Å². The number of nitrogens with zero attached hydrogens (tertiary/aromatic N) is 2. The molecule has 2 aliphatic rings. The third-order valence-electron chi connectivity index (χ3n) is 5.25. The number of nitrogens with two attached hydrogens (primary N) is 1. The third kappa shape index (κ3) is 2.80. The van der Waals surface area contributed by atoms with Crippen LogP contribution in [0.15, 0.2) is 24.3 Å². The second-order valence-corrected chi connectivity index (χ2v) is 7.73. The van der Waals surface area contributed by atoms with Crippen molar-refractivity contribution in [3.63, 3.8) is 0 Å². The molecule has 1 saturated heterocycles. The maximum absolute atomic E-state index is 13.1. The number of nitrogens with one attached hydrogen (secondary N) is 1. The van der Waals surface area contributed by atoms with Crippen LogP contribution in [0.25, 0.3) is 0 Å². The molecule has 0 aromatic heterocycles. The van der Waals surface area contributed by atoms with Gasteiger partial charge in [-0.3, -0.25) is 19.4 Å². The number of para-hydroxylation sites is 2. The van der Waals surface area contributed by atoms with Crippen molar-refractivity contribution in [2.75, 3.05) is 36.4 Å². The molecule has 2 heterocycles. The number of benzene rings is 1. The van der Waals surface area contributed by atoms with Crippen LogP contribution in [0, 0.1) is 5.41 Å². The highest BCUT2D eigenvalue weighted by Gasteiger charge is 2.44. The average molecular weight is 330 g/mol. The van der Waals surface area contributed by atoms with Gasteiger partial charge in [-0.05, 0) is 50.9 Å². The molecule has 0 spiro atoms. The molecule has 1 aromatic carbocycles. The van der Waals surface area contributed by atoms with E-state index in [0.717, 1.165) is 25.2 Å². The summed E-state index contributed by atoms with van der Waals surface area (Å²) in [6.07, 6.45) is 0.997. The Morgan fingerprint density at radius 2 is 2.00 bits per heavy atom. The summed E-state index contributed by atoms with van der Waals surface area (Å²) in [6.45, 7) is 8.33. The van der Waals surface area contributed by atoms with Gasteiger partial charge in [-0.15, -0.1) is 0 Å². The summed E-state index contributed by atoms with van der Waals surface area (Å²) in [5.74, 6) is -0.216. The number of rotatable bonds is 3. The summed E-state index contributed by atoms with van der Waals surface area (Å²) in [5, 5.41) is 2.89. The summed E-state index contributed by atoms with van der Waals surface area (Å²) < 4.78 is 0. The second kappa shape index (κ2) is 5.86. The van der Waals surface area contributed by atoms with Gasteiger partial charge < -0.3 is 11.1 Å². The fourth-order valence-electron chi connectivity index (χ4n) is 3.59. The Labute approximate surface area is 143 Å². The van der Waals surface area contributed by atoms with Crippen LogP contribution >= 0.6 is 0 Å². The molecule has 1 atom stereocenters. The molecule has 0 saturated carbocycles. The van der Waals surface area contributed by atoms with Crippen LogP contribution in [-0.2, 0) is 9.59 Å². The molecule has 3 rings (SSSR count). The van der Waals surface area contributed by atoms with E-state index in [1.54, 1.807) is 18.7 Å². The molecule has 6 nitrogen and oxygen atoms in total. The molecular weight excluding hydrogens is 304 g/mol. The van der Waals surface area contributed by atoms with Crippen LogP contribution in [0.2, 0.25) is 0 Å². The molecule has 2 amide bonds. The number of anilines is 2. The molecule has 6 heteroatoms. The molecule has 24 heavy (non-hydrogen) atoms. The molecular formula is C18H26N4O2. The number of hydrogen-bond donors (Lipinski definition) is 2. The maximum Gasteiger partial charge on any atom is 0.250 e. The smallest absolute Gasteiger partial charge is 0.250 e. The van der Waals surface area contributed by atoms with Crippen LogP contribution in [0.4, 0.5) is 11.4 Å². The molecule has 1 unspecified atom stereocenters. The van der Waals surface area contributed by atoms with E-state index in [1.807, 2.05) is 24.3 Å². The molecule has 0 aliphatic carbocycles. The van der Waals surface area contributed by atoms with E-state index in [0.29, 0.717) is 18.8 Å². The fourth-order valence-corrected chi connectivity index (χ4v) is 3.59. The van der Waals surface area contributed by atoms with Gasteiger partial charge in [0.1, 0.15) is 5.54 Å². The quantitative estimate of drug-likeness (QED) is 0.878. The van der Waals surface area contributed by atoms with E-state index >= 15 is 0 Å². The summed E-state index contributed by atoms with van der Waals surface area (Å²) >= 11 is 0. The zero-order valence-corrected chi connectivity index (χ0v) is 14.6. The second-order valence-electron chi connectivity index (χ2n) is 7.73. The van der Waals surface area contributed by atoms with Gasteiger partial charge in [0, 0.05) is 6.54 Å². The average Bonchev–Trinajstić information content (AvgIpc) is 2.90. The Morgan fingerprint density at radius 3 is 2.67 bits per heavy atom. The topological polar surface area (TPSA) is 78.7 Å². The minimum atomic E-state index is -0.914. The summed E-state index contributed by atoms with van der Waals surface area (Å²) in [4.78, 5) is 29.3. The van der Waals surface area contributed by atoms with Crippen molar-refractivity contribution in [1.29, 1.82) is 0 Å². The molecule has 1 aromatic rings. The maximum atomic E-state index is 13.1. The van der Waals surface area contributed by atoms with Gasteiger partial charge in [0.2, 0.25) is 11.8 Å². The summed E-state index contributed by atoms with van der Waals surface area (Å²) in [5.41, 5.74) is 6.46. The molecule has 0 radical (unpaired) electrons. The normalized spacial score (nSPS) is 26.2. The van der Waals surface area contributed by atoms with Crippen molar-refractivity contribution in [3.05, 3.63) is 24.3 Å². The lowest BCUT2D eigenvalue weighted by atomic mass is 9.90. The van der Waals surface area contributed by atoms with Crippen LogP contribution in [0.5, 0.6) is 0 Å². The lowest BCUT2D eigenvalue weighted by Gasteiger charge is -2.42. The van der Waals surface area contributed by atoms with Crippen molar-refractivity contribution in [3.8, 4) is 0 Å². The largest absolute Gasteiger partial charge is 0.330 e. The SMILES string of the molecule is CC1(CN)CCN(CC(=O)N2c3ccccc3NC(=O)C2(C)C)C1. The van der Waals surface area contributed by atoms with Gasteiger partial charge in [0.15, 0.2) is 0 Å². The molecule has 130 valence electrons. The van der Waals surface area contributed by atoms with Gasteiger partial charge in [-0.1, -0.05) is 19.1 Å². The summed E-state index contributed by atoms with van der Waals surface area (Å²) in [6, 6.07) is 7.44. The predicted octanol–water partition coefficient (Wildman–Crippen LogP) is 1.42. The van der Waals surface area contributed by atoms with E-state index in [4.69, 9.17) is 5.73 Å². The van der Waals surface area contributed by atoms with Gasteiger partial charge in [0.25, 0.3) is 0 Å².